The van der Waals surface area contributed by atoms with E-state index in [1.54, 1.807) is 20.4 Å². The number of methoxy groups -OCH3 is 3. The largest absolute Gasteiger partial charge is 0.493 e. The standard InChI is InChI=1S/C24H30N4O5S/c1-16-6-7-18(13-26-16)23(30)27-24-28(11-5-10-25-22(29)14-31-2)19(15-34-24)17-8-9-20(32-3)21(12-17)33-4/h6-9,12-13,15,23,30H,5,10-11,14H2,1-4H3,(H,25,29)/b27-24-. The fourth-order valence-electron chi connectivity index (χ4n) is 3.33. The molecule has 0 saturated carbocycles. The van der Waals surface area contributed by atoms with Crippen LogP contribution < -0.4 is 19.6 Å². The Morgan fingerprint density at radius 3 is 2.68 bits per heavy atom. The third kappa shape index (κ3) is 6.43. The van der Waals surface area contributed by atoms with Gasteiger partial charge in [0.15, 0.2) is 22.5 Å². The minimum Gasteiger partial charge on any atom is -0.493 e. The van der Waals surface area contributed by atoms with Crippen LogP contribution in [0.1, 0.15) is 23.9 Å². The van der Waals surface area contributed by atoms with Crippen molar-refractivity contribution in [3.05, 3.63) is 58.0 Å². The second kappa shape index (κ2) is 12.3. The van der Waals surface area contributed by atoms with Crippen molar-refractivity contribution in [1.82, 2.24) is 14.9 Å². The van der Waals surface area contributed by atoms with E-state index in [-0.39, 0.29) is 12.5 Å². The predicted octanol–water partition coefficient (Wildman–Crippen LogP) is 2.68. The Kier molecular flexibility index (Phi) is 9.20. The van der Waals surface area contributed by atoms with Crippen LogP contribution in [-0.2, 0) is 16.1 Å². The summed E-state index contributed by atoms with van der Waals surface area (Å²) in [6, 6.07) is 9.36. The summed E-state index contributed by atoms with van der Waals surface area (Å²) >= 11 is 1.43. The van der Waals surface area contributed by atoms with E-state index in [0.717, 1.165) is 17.0 Å². The number of hydrogen-bond acceptors (Lipinski definition) is 8. The fraction of sp³-hybridized carbons (Fsp3) is 0.375. The minimum absolute atomic E-state index is 0.0276. The van der Waals surface area contributed by atoms with E-state index < -0.39 is 6.23 Å². The topological polar surface area (TPSA) is 107 Å². The second-order valence-electron chi connectivity index (χ2n) is 7.50. The fourth-order valence-corrected chi connectivity index (χ4v) is 4.29. The van der Waals surface area contributed by atoms with Crippen molar-refractivity contribution < 1.29 is 24.1 Å². The van der Waals surface area contributed by atoms with Crippen LogP contribution in [-0.4, -0.2) is 55.0 Å². The molecule has 10 heteroatoms. The smallest absolute Gasteiger partial charge is 0.245 e. The normalized spacial score (nSPS) is 12.4. The molecule has 0 bridgehead atoms. The number of nitrogens with zero attached hydrogens (tertiary/aromatic N) is 3. The molecule has 34 heavy (non-hydrogen) atoms. The van der Waals surface area contributed by atoms with Gasteiger partial charge in [-0.05, 0) is 37.6 Å². The summed E-state index contributed by atoms with van der Waals surface area (Å²) in [5, 5.41) is 15.5. The Hall–Kier alpha value is -3.21. The average molecular weight is 487 g/mol. The monoisotopic (exact) mass is 486 g/mol. The number of aryl methyl sites for hydroxylation is 1. The number of benzene rings is 1. The van der Waals surface area contributed by atoms with E-state index in [2.05, 4.69) is 15.3 Å². The number of nitrogens with one attached hydrogen (secondary N) is 1. The highest BCUT2D eigenvalue weighted by Gasteiger charge is 2.14. The van der Waals surface area contributed by atoms with Gasteiger partial charge in [-0.2, -0.15) is 0 Å². The minimum atomic E-state index is -1.04. The maximum Gasteiger partial charge on any atom is 0.245 e. The van der Waals surface area contributed by atoms with Crippen molar-refractivity contribution in [3.8, 4) is 22.8 Å². The Bertz CT molecular complexity index is 1160. The summed E-state index contributed by atoms with van der Waals surface area (Å²) in [4.78, 5) is 21.2. The number of carbonyl (C=O) groups excluding carboxylic acids is 1. The second-order valence-corrected chi connectivity index (χ2v) is 8.33. The van der Waals surface area contributed by atoms with E-state index in [1.165, 1.54) is 18.4 Å². The molecule has 0 aliphatic rings. The molecule has 0 aliphatic carbocycles. The lowest BCUT2D eigenvalue weighted by molar-refractivity contribution is -0.124. The average Bonchev–Trinajstić information content (AvgIpc) is 3.24. The number of aliphatic hydroxyl groups is 1. The lowest BCUT2D eigenvalue weighted by Crippen LogP contribution is -2.29. The molecule has 1 atom stereocenters. The molecule has 0 spiro atoms. The van der Waals surface area contributed by atoms with E-state index >= 15 is 0 Å². The molecule has 0 aliphatic heterocycles. The predicted molar refractivity (Wildman–Crippen MR) is 130 cm³/mol. The van der Waals surface area contributed by atoms with Crippen LogP contribution >= 0.6 is 11.3 Å². The van der Waals surface area contributed by atoms with Crippen LogP contribution in [0.5, 0.6) is 11.5 Å². The van der Waals surface area contributed by atoms with E-state index in [1.807, 2.05) is 47.2 Å². The van der Waals surface area contributed by atoms with Gasteiger partial charge in [-0.25, -0.2) is 4.99 Å². The Balaban J connectivity index is 1.93. The van der Waals surface area contributed by atoms with Crippen molar-refractivity contribution in [2.75, 3.05) is 34.5 Å². The first kappa shape index (κ1) is 25.4. The molecular weight excluding hydrogens is 456 g/mol. The summed E-state index contributed by atoms with van der Waals surface area (Å²) in [5.41, 5.74) is 3.32. The quantitative estimate of drug-likeness (QED) is 0.404. The zero-order valence-electron chi connectivity index (χ0n) is 19.8. The molecule has 3 aromatic rings. The molecule has 182 valence electrons. The first-order valence-electron chi connectivity index (χ1n) is 10.8. The first-order valence-corrected chi connectivity index (χ1v) is 11.7. The highest BCUT2D eigenvalue weighted by Crippen LogP contribution is 2.32. The SMILES string of the molecule is COCC(=O)NCCCn1c(-c2ccc(OC)c(OC)c2)cs/c1=N\C(O)c1ccc(C)nc1. The summed E-state index contributed by atoms with van der Waals surface area (Å²) in [5.74, 6) is 1.10. The van der Waals surface area contributed by atoms with Gasteiger partial charge in [-0.3, -0.25) is 9.78 Å². The van der Waals surface area contributed by atoms with Crippen LogP contribution in [0.3, 0.4) is 0 Å². The van der Waals surface area contributed by atoms with E-state index in [4.69, 9.17) is 14.2 Å². The number of aromatic nitrogens is 2. The summed E-state index contributed by atoms with van der Waals surface area (Å²) < 4.78 is 17.7. The van der Waals surface area contributed by atoms with Gasteiger partial charge < -0.3 is 29.2 Å². The number of pyridine rings is 1. The summed E-state index contributed by atoms with van der Waals surface area (Å²) in [6.45, 7) is 2.99. The highest BCUT2D eigenvalue weighted by atomic mass is 32.1. The van der Waals surface area contributed by atoms with Crippen molar-refractivity contribution in [2.24, 2.45) is 4.99 Å². The van der Waals surface area contributed by atoms with Crippen molar-refractivity contribution in [1.29, 1.82) is 0 Å². The number of carbonyl (C=O) groups is 1. The molecule has 2 N–H and O–H groups in total. The van der Waals surface area contributed by atoms with Crippen LogP contribution in [0.25, 0.3) is 11.3 Å². The van der Waals surface area contributed by atoms with Crippen LogP contribution in [0.15, 0.2) is 46.9 Å². The number of hydrogen-bond donors (Lipinski definition) is 2. The van der Waals surface area contributed by atoms with Gasteiger partial charge in [0.2, 0.25) is 5.91 Å². The number of aliphatic hydroxyl groups excluding tert-OH is 1. The van der Waals surface area contributed by atoms with Gasteiger partial charge in [0.05, 0.1) is 19.9 Å². The van der Waals surface area contributed by atoms with Gasteiger partial charge in [-0.15, -0.1) is 11.3 Å². The van der Waals surface area contributed by atoms with Crippen molar-refractivity contribution in [3.63, 3.8) is 0 Å². The zero-order chi connectivity index (χ0) is 24.5. The number of rotatable bonds is 11. The zero-order valence-corrected chi connectivity index (χ0v) is 20.6. The molecule has 2 aromatic heterocycles. The lowest BCUT2D eigenvalue weighted by Gasteiger charge is -2.13. The maximum absolute atomic E-state index is 11.7. The number of thiazole rings is 1. The van der Waals surface area contributed by atoms with Crippen molar-refractivity contribution >= 4 is 17.2 Å². The third-order valence-electron chi connectivity index (χ3n) is 5.10. The Morgan fingerprint density at radius 2 is 2.00 bits per heavy atom. The lowest BCUT2D eigenvalue weighted by atomic mass is 10.1. The molecule has 1 aromatic carbocycles. The molecule has 1 amide bonds. The van der Waals surface area contributed by atoms with Gasteiger partial charge in [-0.1, -0.05) is 6.07 Å². The maximum atomic E-state index is 11.7. The van der Waals surface area contributed by atoms with Crippen molar-refractivity contribution in [2.45, 2.75) is 26.1 Å². The van der Waals surface area contributed by atoms with Crippen LogP contribution in [0, 0.1) is 6.92 Å². The Morgan fingerprint density at radius 1 is 1.21 bits per heavy atom. The van der Waals surface area contributed by atoms with E-state index in [0.29, 0.717) is 41.4 Å². The van der Waals surface area contributed by atoms with Crippen LogP contribution in [0.2, 0.25) is 0 Å². The van der Waals surface area contributed by atoms with Crippen LogP contribution in [0.4, 0.5) is 0 Å². The van der Waals surface area contributed by atoms with E-state index in [9.17, 15) is 9.90 Å². The molecule has 0 radical (unpaired) electrons. The molecular formula is C24H30N4O5S. The summed E-state index contributed by atoms with van der Waals surface area (Å²) in [6.07, 6.45) is 1.25. The van der Waals surface area contributed by atoms with Gasteiger partial charge in [0.25, 0.3) is 0 Å². The molecule has 1 unspecified atom stereocenters. The third-order valence-corrected chi connectivity index (χ3v) is 5.98. The Labute approximate surface area is 202 Å². The molecule has 2 heterocycles. The molecule has 0 fully saturated rings. The highest BCUT2D eigenvalue weighted by molar-refractivity contribution is 7.07. The summed E-state index contributed by atoms with van der Waals surface area (Å²) in [7, 11) is 4.68. The molecule has 9 nitrogen and oxygen atoms in total. The van der Waals surface area contributed by atoms with Gasteiger partial charge >= 0.3 is 0 Å². The number of amides is 1. The van der Waals surface area contributed by atoms with Gasteiger partial charge in [0, 0.05) is 48.6 Å². The number of ether oxygens (including phenoxy) is 3. The molecule has 3 rings (SSSR count). The molecule has 0 saturated heterocycles. The first-order chi connectivity index (χ1) is 16.5. The van der Waals surface area contributed by atoms with Gasteiger partial charge in [0.1, 0.15) is 6.61 Å².